The Kier molecular flexibility index (Phi) is 5.87. The second-order valence-corrected chi connectivity index (χ2v) is 7.20. The Morgan fingerprint density at radius 3 is 2.55 bits per heavy atom. The van der Waals surface area contributed by atoms with E-state index in [-0.39, 0.29) is 0 Å². The summed E-state index contributed by atoms with van der Waals surface area (Å²) in [4.78, 5) is 9.16. The SMILES string of the molecule is COc1ccc(-c2noc(CN3CCN(c4ccccc4Cl)CC3)n2)c(OC)c1. The van der Waals surface area contributed by atoms with Crippen molar-refractivity contribution in [1.29, 1.82) is 0 Å². The predicted molar refractivity (Wildman–Crippen MR) is 112 cm³/mol. The van der Waals surface area contributed by atoms with Gasteiger partial charge in [0.25, 0.3) is 0 Å². The lowest BCUT2D eigenvalue weighted by Gasteiger charge is -2.35. The molecule has 2 heterocycles. The van der Waals surface area contributed by atoms with Crippen LogP contribution in [0.25, 0.3) is 11.4 Å². The van der Waals surface area contributed by atoms with E-state index in [0.29, 0.717) is 29.8 Å². The van der Waals surface area contributed by atoms with Gasteiger partial charge in [0, 0.05) is 32.2 Å². The number of ether oxygens (including phenoxy) is 2. The lowest BCUT2D eigenvalue weighted by molar-refractivity contribution is 0.215. The summed E-state index contributed by atoms with van der Waals surface area (Å²) >= 11 is 6.32. The Bertz CT molecular complexity index is 970. The van der Waals surface area contributed by atoms with Gasteiger partial charge in [0.2, 0.25) is 11.7 Å². The molecule has 0 N–H and O–H groups in total. The van der Waals surface area contributed by atoms with Gasteiger partial charge in [0.05, 0.1) is 37.0 Å². The lowest BCUT2D eigenvalue weighted by Crippen LogP contribution is -2.46. The molecule has 3 aromatic rings. The van der Waals surface area contributed by atoms with Gasteiger partial charge in [-0.05, 0) is 24.3 Å². The first-order valence-electron chi connectivity index (χ1n) is 9.44. The van der Waals surface area contributed by atoms with Gasteiger partial charge in [0.15, 0.2) is 0 Å². The number of aromatic nitrogens is 2. The number of methoxy groups -OCH3 is 2. The van der Waals surface area contributed by atoms with Gasteiger partial charge in [-0.25, -0.2) is 0 Å². The zero-order valence-electron chi connectivity index (χ0n) is 16.5. The number of piperazine rings is 1. The van der Waals surface area contributed by atoms with Crippen LogP contribution in [0.3, 0.4) is 0 Å². The monoisotopic (exact) mass is 414 g/mol. The molecule has 0 radical (unpaired) electrons. The highest BCUT2D eigenvalue weighted by atomic mass is 35.5. The molecule has 1 aliphatic rings. The van der Waals surface area contributed by atoms with Crippen molar-refractivity contribution in [3.05, 3.63) is 53.4 Å². The van der Waals surface area contributed by atoms with Crippen molar-refractivity contribution in [2.24, 2.45) is 0 Å². The normalized spacial score (nSPS) is 14.8. The van der Waals surface area contributed by atoms with Gasteiger partial charge in [-0.2, -0.15) is 4.98 Å². The van der Waals surface area contributed by atoms with Crippen molar-refractivity contribution in [2.45, 2.75) is 6.54 Å². The standard InChI is InChI=1S/C21H23ClN4O3/c1-27-15-7-8-16(19(13-15)28-2)21-23-20(29-24-21)14-25-9-11-26(12-10-25)18-6-4-3-5-17(18)22/h3-8,13H,9-12,14H2,1-2H3. The maximum Gasteiger partial charge on any atom is 0.241 e. The molecule has 7 nitrogen and oxygen atoms in total. The Morgan fingerprint density at radius 2 is 1.83 bits per heavy atom. The summed E-state index contributed by atoms with van der Waals surface area (Å²) in [5.74, 6) is 2.45. The molecule has 29 heavy (non-hydrogen) atoms. The smallest absolute Gasteiger partial charge is 0.241 e. The van der Waals surface area contributed by atoms with E-state index in [0.717, 1.165) is 42.5 Å². The molecule has 4 rings (SSSR count). The maximum atomic E-state index is 6.32. The predicted octanol–water partition coefficient (Wildman–Crippen LogP) is 3.73. The van der Waals surface area contributed by atoms with Crippen molar-refractivity contribution < 1.29 is 14.0 Å². The van der Waals surface area contributed by atoms with Crippen LogP contribution in [-0.4, -0.2) is 55.4 Å². The summed E-state index contributed by atoms with van der Waals surface area (Å²) in [5.41, 5.74) is 1.85. The van der Waals surface area contributed by atoms with Crippen LogP contribution in [0.2, 0.25) is 5.02 Å². The summed E-state index contributed by atoms with van der Waals surface area (Å²) in [7, 11) is 3.23. The van der Waals surface area contributed by atoms with Crippen LogP contribution in [-0.2, 0) is 6.54 Å². The van der Waals surface area contributed by atoms with E-state index in [1.807, 2.05) is 30.3 Å². The third-order valence-corrected chi connectivity index (χ3v) is 5.36. The number of benzene rings is 2. The molecule has 0 atom stereocenters. The van der Waals surface area contributed by atoms with Gasteiger partial charge in [-0.1, -0.05) is 28.9 Å². The summed E-state index contributed by atoms with van der Waals surface area (Å²) in [6.45, 7) is 4.21. The topological polar surface area (TPSA) is 63.9 Å². The molecule has 0 bridgehead atoms. The summed E-state index contributed by atoms with van der Waals surface area (Å²) in [6, 6.07) is 13.5. The van der Waals surface area contributed by atoms with E-state index >= 15 is 0 Å². The average Bonchev–Trinajstić information content (AvgIpc) is 3.22. The molecule has 0 aliphatic carbocycles. The van der Waals surface area contributed by atoms with Crippen molar-refractivity contribution >= 4 is 17.3 Å². The number of anilines is 1. The first-order valence-corrected chi connectivity index (χ1v) is 9.82. The van der Waals surface area contributed by atoms with Crippen molar-refractivity contribution in [2.75, 3.05) is 45.3 Å². The molecule has 1 fully saturated rings. The van der Waals surface area contributed by atoms with E-state index in [1.54, 1.807) is 20.3 Å². The van der Waals surface area contributed by atoms with E-state index in [1.165, 1.54) is 0 Å². The Hall–Kier alpha value is -2.77. The summed E-state index contributed by atoms with van der Waals surface area (Å²) < 4.78 is 16.2. The van der Waals surface area contributed by atoms with E-state index < -0.39 is 0 Å². The van der Waals surface area contributed by atoms with Crippen LogP contribution in [0.15, 0.2) is 47.0 Å². The third-order valence-electron chi connectivity index (χ3n) is 5.04. The molecular formula is C21H23ClN4O3. The number of rotatable bonds is 6. The van der Waals surface area contributed by atoms with Gasteiger partial charge in [-0.15, -0.1) is 0 Å². The zero-order chi connectivity index (χ0) is 20.2. The molecule has 0 unspecified atom stereocenters. The fourth-order valence-electron chi connectivity index (χ4n) is 3.46. The van der Waals surface area contributed by atoms with Crippen LogP contribution < -0.4 is 14.4 Å². The fraction of sp³-hybridized carbons (Fsp3) is 0.333. The Labute approximate surface area is 174 Å². The molecule has 8 heteroatoms. The molecule has 152 valence electrons. The molecule has 0 spiro atoms. The van der Waals surface area contributed by atoms with Crippen molar-refractivity contribution in [1.82, 2.24) is 15.0 Å². The first kappa shape index (κ1) is 19.5. The summed E-state index contributed by atoms with van der Waals surface area (Å²) in [5, 5.41) is 4.92. The number of para-hydroxylation sites is 1. The first-order chi connectivity index (χ1) is 14.2. The molecular weight excluding hydrogens is 392 g/mol. The third kappa shape index (κ3) is 4.31. The van der Waals surface area contributed by atoms with Crippen LogP contribution in [0.5, 0.6) is 11.5 Å². The van der Waals surface area contributed by atoms with Crippen LogP contribution in [0.4, 0.5) is 5.69 Å². The highest BCUT2D eigenvalue weighted by Gasteiger charge is 2.21. The lowest BCUT2D eigenvalue weighted by atomic mass is 10.2. The molecule has 0 saturated carbocycles. The second-order valence-electron chi connectivity index (χ2n) is 6.79. The zero-order valence-corrected chi connectivity index (χ0v) is 17.2. The van der Waals surface area contributed by atoms with Gasteiger partial charge < -0.3 is 18.9 Å². The minimum atomic E-state index is 0.509. The highest BCUT2D eigenvalue weighted by Crippen LogP contribution is 2.32. The van der Waals surface area contributed by atoms with Crippen molar-refractivity contribution in [3.63, 3.8) is 0 Å². The number of hydrogen-bond donors (Lipinski definition) is 0. The van der Waals surface area contributed by atoms with Crippen molar-refractivity contribution in [3.8, 4) is 22.9 Å². The fourth-order valence-corrected chi connectivity index (χ4v) is 3.71. The van der Waals surface area contributed by atoms with Crippen LogP contribution >= 0.6 is 11.6 Å². The van der Waals surface area contributed by atoms with Crippen LogP contribution in [0, 0.1) is 0 Å². The minimum Gasteiger partial charge on any atom is -0.497 e. The largest absolute Gasteiger partial charge is 0.497 e. The number of hydrogen-bond acceptors (Lipinski definition) is 7. The molecule has 1 saturated heterocycles. The Morgan fingerprint density at radius 1 is 1.03 bits per heavy atom. The number of halogens is 1. The van der Waals surface area contributed by atoms with Gasteiger partial charge in [0.1, 0.15) is 11.5 Å². The number of nitrogens with zero attached hydrogens (tertiary/aromatic N) is 4. The van der Waals surface area contributed by atoms with Crippen LogP contribution in [0.1, 0.15) is 5.89 Å². The van der Waals surface area contributed by atoms with E-state index in [9.17, 15) is 0 Å². The van der Waals surface area contributed by atoms with E-state index in [4.69, 9.17) is 25.6 Å². The minimum absolute atomic E-state index is 0.509. The maximum absolute atomic E-state index is 6.32. The second kappa shape index (κ2) is 8.71. The van der Waals surface area contributed by atoms with E-state index in [2.05, 4.69) is 26.0 Å². The highest BCUT2D eigenvalue weighted by molar-refractivity contribution is 6.33. The van der Waals surface area contributed by atoms with Gasteiger partial charge >= 0.3 is 0 Å². The van der Waals surface area contributed by atoms with Gasteiger partial charge in [-0.3, -0.25) is 4.90 Å². The quantitative estimate of drug-likeness (QED) is 0.608. The molecule has 2 aromatic carbocycles. The molecule has 0 amide bonds. The molecule has 1 aromatic heterocycles. The summed E-state index contributed by atoms with van der Waals surface area (Å²) in [6.07, 6.45) is 0. The Balaban J connectivity index is 1.40. The average molecular weight is 415 g/mol. The molecule has 1 aliphatic heterocycles.